The minimum Gasteiger partial charge on any atom is -0.497 e. The summed E-state index contributed by atoms with van der Waals surface area (Å²) in [4.78, 5) is 12.8. The number of carbonyl (C=O) groups excluding carboxylic acids is 1. The van der Waals surface area contributed by atoms with E-state index in [0.29, 0.717) is 39.2 Å². The quantitative estimate of drug-likeness (QED) is 0.458. The number of anilines is 2. The average Bonchev–Trinajstić information content (AvgIpc) is 3.45. The van der Waals surface area contributed by atoms with Gasteiger partial charge < -0.3 is 19.3 Å². The lowest BCUT2D eigenvalue weighted by Crippen LogP contribution is -2.14. The molecule has 4 rings (SSSR count). The van der Waals surface area contributed by atoms with Crippen LogP contribution in [-0.4, -0.2) is 33.7 Å². The molecule has 0 aliphatic heterocycles. The number of nitrogens with one attached hydrogen (secondary N) is 2. The van der Waals surface area contributed by atoms with E-state index in [4.69, 9.17) is 14.0 Å². The normalized spacial score (nSPS) is 13.8. The molecule has 0 saturated heterocycles. The molecule has 1 amide bonds. The third-order valence-electron chi connectivity index (χ3n) is 5.00. The smallest absolute Gasteiger partial charge is 0.271 e. The van der Waals surface area contributed by atoms with Crippen molar-refractivity contribution >= 4 is 50.8 Å². The average molecular weight is 490 g/mol. The summed E-state index contributed by atoms with van der Waals surface area (Å²) in [6, 6.07) is 8.02. The van der Waals surface area contributed by atoms with Crippen molar-refractivity contribution in [2.45, 2.75) is 24.0 Å². The number of aryl methyl sites for hydroxylation is 1. The van der Waals surface area contributed by atoms with E-state index in [1.807, 2.05) is 0 Å². The second-order valence-electron chi connectivity index (χ2n) is 7.43. The van der Waals surface area contributed by atoms with E-state index in [0.717, 1.165) is 24.2 Å². The van der Waals surface area contributed by atoms with Gasteiger partial charge in [-0.15, -0.1) is 11.3 Å². The number of aromatic nitrogens is 1. The highest BCUT2D eigenvalue weighted by molar-refractivity contribution is 7.94. The van der Waals surface area contributed by atoms with E-state index in [-0.39, 0.29) is 16.0 Å². The number of benzene rings is 1. The van der Waals surface area contributed by atoms with E-state index in [1.165, 1.54) is 20.3 Å². The van der Waals surface area contributed by atoms with Crippen LogP contribution in [-0.2, 0) is 14.8 Å². The molecule has 174 valence electrons. The summed E-state index contributed by atoms with van der Waals surface area (Å²) in [6.45, 7) is 1.75. The Kier molecular flexibility index (Phi) is 6.43. The molecule has 1 fully saturated rings. The lowest BCUT2D eigenvalue weighted by molar-refractivity contribution is -0.117. The van der Waals surface area contributed by atoms with Gasteiger partial charge in [0.05, 0.1) is 19.9 Å². The fourth-order valence-corrected chi connectivity index (χ4v) is 5.33. The summed E-state index contributed by atoms with van der Waals surface area (Å²) >= 11 is 1.09. The summed E-state index contributed by atoms with van der Waals surface area (Å²) in [6.07, 6.45) is 5.16. The number of nitrogens with zero attached hydrogens (tertiary/aromatic N) is 1. The van der Waals surface area contributed by atoms with Gasteiger partial charge in [0.25, 0.3) is 10.0 Å². The first kappa shape index (κ1) is 22.9. The SMILES string of the molecule is COc1ccc(NS(=O)(=O)c2ccc(/C=C/c3onc(C)c3NC(=O)C3CC3)s2)c(OC)c1. The summed E-state index contributed by atoms with van der Waals surface area (Å²) in [5.41, 5.74) is 1.41. The van der Waals surface area contributed by atoms with Gasteiger partial charge in [-0.1, -0.05) is 5.16 Å². The van der Waals surface area contributed by atoms with Gasteiger partial charge in [-0.25, -0.2) is 8.42 Å². The van der Waals surface area contributed by atoms with Gasteiger partial charge in [-0.05, 0) is 56.2 Å². The standard InChI is InChI=1S/C22H23N3O6S2/c1-13-21(23-22(26)14-4-5-14)18(31-24-13)10-7-16-8-11-20(32-16)33(27,28)25-17-9-6-15(29-2)12-19(17)30-3/h6-12,14,25H,4-5H2,1-3H3,(H,23,26)/b10-7+. The van der Waals surface area contributed by atoms with Crippen LogP contribution in [0.5, 0.6) is 11.5 Å². The molecule has 0 radical (unpaired) electrons. The zero-order chi connectivity index (χ0) is 23.6. The third-order valence-corrected chi connectivity index (χ3v) is 7.91. The number of amides is 1. The van der Waals surface area contributed by atoms with E-state index in [1.54, 1.807) is 43.3 Å². The number of thiophene rings is 1. The van der Waals surface area contributed by atoms with E-state index in [2.05, 4.69) is 15.2 Å². The number of sulfonamides is 1. The van der Waals surface area contributed by atoms with Crippen LogP contribution < -0.4 is 19.5 Å². The number of ether oxygens (including phenoxy) is 2. The Morgan fingerprint density at radius 1 is 1.18 bits per heavy atom. The Morgan fingerprint density at radius 3 is 2.67 bits per heavy atom. The zero-order valence-electron chi connectivity index (χ0n) is 18.2. The molecule has 2 aromatic heterocycles. The third kappa shape index (κ3) is 5.20. The lowest BCUT2D eigenvalue weighted by atomic mass is 10.2. The molecule has 3 aromatic rings. The molecule has 0 spiro atoms. The Labute approximate surface area is 195 Å². The second-order valence-corrected chi connectivity index (χ2v) is 10.5. The molecule has 0 bridgehead atoms. The van der Waals surface area contributed by atoms with Crippen LogP contribution in [0.2, 0.25) is 0 Å². The van der Waals surface area contributed by atoms with Crippen LogP contribution in [0.4, 0.5) is 11.4 Å². The molecule has 1 aromatic carbocycles. The largest absolute Gasteiger partial charge is 0.497 e. The summed E-state index contributed by atoms with van der Waals surface area (Å²) < 4.78 is 44.1. The van der Waals surface area contributed by atoms with Crippen molar-refractivity contribution in [3.8, 4) is 11.5 Å². The van der Waals surface area contributed by atoms with Crippen LogP contribution in [0.1, 0.15) is 29.2 Å². The molecule has 1 aliphatic carbocycles. The van der Waals surface area contributed by atoms with Crippen molar-refractivity contribution < 1.29 is 27.2 Å². The number of hydrogen-bond acceptors (Lipinski definition) is 8. The summed E-state index contributed by atoms with van der Waals surface area (Å²) in [7, 11) is -0.860. The topological polar surface area (TPSA) is 120 Å². The highest BCUT2D eigenvalue weighted by atomic mass is 32.2. The zero-order valence-corrected chi connectivity index (χ0v) is 19.9. The predicted octanol–water partition coefficient (Wildman–Crippen LogP) is 4.38. The molecule has 33 heavy (non-hydrogen) atoms. The molecule has 1 aliphatic rings. The van der Waals surface area contributed by atoms with E-state index in [9.17, 15) is 13.2 Å². The number of methoxy groups -OCH3 is 2. The Hall–Kier alpha value is -3.31. The maximum atomic E-state index is 12.9. The molecule has 1 saturated carbocycles. The maximum absolute atomic E-state index is 12.9. The Bertz CT molecular complexity index is 1310. The van der Waals surface area contributed by atoms with Gasteiger partial charge in [0.2, 0.25) is 5.91 Å². The van der Waals surface area contributed by atoms with Crippen molar-refractivity contribution in [2.75, 3.05) is 24.3 Å². The molecule has 11 heteroatoms. The van der Waals surface area contributed by atoms with Crippen LogP contribution in [0.3, 0.4) is 0 Å². The van der Waals surface area contributed by atoms with Gasteiger partial charge in [0.1, 0.15) is 27.1 Å². The van der Waals surface area contributed by atoms with Crippen molar-refractivity contribution in [3.63, 3.8) is 0 Å². The molecule has 2 N–H and O–H groups in total. The number of carbonyl (C=O) groups is 1. The first-order valence-corrected chi connectivity index (χ1v) is 12.4. The Balaban J connectivity index is 1.50. The minimum absolute atomic E-state index is 0.0412. The van der Waals surface area contributed by atoms with Gasteiger partial charge in [-0.2, -0.15) is 0 Å². The molecule has 9 nitrogen and oxygen atoms in total. The van der Waals surface area contributed by atoms with Crippen molar-refractivity contribution in [3.05, 3.63) is 46.7 Å². The van der Waals surface area contributed by atoms with Crippen LogP contribution in [0.25, 0.3) is 12.2 Å². The molecular formula is C22H23N3O6S2. The second kappa shape index (κ2) is 9.28. The Morgan fingerprint density at radius 2 is 1.97 bits per heavy atom. The minimum atomic E-state index is -3.83. The summed E-state index contributed by atoms with van der Waals surface area (Å²) in [5.74, 6) is 1.31. The van der Waals surface area contributed by atoms with Gasteiger partial charge in [0, 0.05) is 16.9 Å². The fraction of sp³-hybridized carbons (Fsp3) is 0.273. The molecule has 2 heterocycles. The molecule has 0 unspecified atom stereocenters. The van der Waals surface area contributed by atoms with Gasteiger partial charge >= 0.3 is 0 Å². The van der Waals surface area contributed by atoms with Crippen molar-refractivity contribution in [1.82, 2.24) is 5.16 Å². The van der Waals surface area contributed by atoms with E-state index >= 15 is 0 Å². The van der Waals surface area contributed by atoms with Crippen molar-refractivity contribution in [1.29, 1.82) is 0 Å². The lowest BCUT2D eigenvalue weighted by Gasteiger charge is -2.12. The predicted molar refractivity (Wildman–Crippen MR) is 126 cm³/mol. The highest BCUT2D eigenvalue weighted by Crippen LogP contribution is 2.34. The first-order chi connectivity index (χ1) is 15.8. The number of hydrogen-bond donors (Lipinski definition) is 2. The monoisotopic (exact) mass is 489 g/mol. The summed E-state index contributed by atoms with van der Waals surface area (Å²) in [5, 5.41) is 6.78. The highest BCUT2D eigenvalue weighted by Gasteiger charge is 2.31. The van der Waals surface area contributed by atoms with Crippen LogP contribution >= 0.6 is 11.3 Å². The fourth-order valence-electron chi connectivity index (χ4n) is 3.03. The first-order valence-electron chi connectivity index (χ1n) is 10.1. The number of rotatable bonds is 9. The maximum Gasteiger partial charge on any atom is 0.271 e. The van der Waals surface area contributed by atoms with Gasteiger partial charge in [-0.3, -0.25) is 9.52 Å². The molecule has 0 atom stereocenters. The van der Waals surface area contributed by atoms with Crippen molar-refractivity contribution in [2.24, 2.45) is 5.92 Å². The van der Waals surface area contributed by atoms with Crippen LogP contribution in [0, 0.1) is 12.8 Å². The van der Waals surface area contributed by atoms with Gasteiger partial charge in [0.15, 0.2) is 5.76 Å². The van der Waals surface area contributed by atoms with E-state index < -0.39 is 10.0 Å². The van der Waals surface area contributed by atoms with Crippen LogP contribution in [0.15, 0.2) is 39.1 Å². The molecular weight excluding hydrogens is 466 g/mol.